The predicted octanol–water partition coefficient (Wildman–Crippen LogP) is 5.22. The molecule has 2 aromatic heterocycles. The van der Waals surface area contributed by atoms with Gasteiger partial charge in [-0.1, -0.05) is 36.7 Å². The number of aromatic nitrogens is 3. The summed E-state index contributed by atoms with van der Waals surface area (Å²) in [4.78, 5) is 17.2. The average molecular weight is 508 g/mol. The Hall–Kier alpha value is -3.24. The molecule has 0 N–H and O–H groups in total. The molecule has 0 spiro atoms. The second-order valence-electron chi connectivity index (χ2n) is 7.52. The van der Waals surface area contributed by atoms with Crippen LogP contribution in [-0.4, -0.2) is 28.9 Å². The van der Waals surface area contributed by atoms with E-state index in [1.54, 1.807) is 24.3 Å². The van der Waals surface area contributed by atoms with Gasteiger partial charge in [0, 0.05) is 22.2 Å². The van der Waals surface area contributed by atoms with Crippen molar-refractivity contribution < 1.29 is 21.6 Å². The number of halogens is 4. The molecule has 2 aromatic carbocycles. The number of aryl methyl sites for hydroxylation is 1. The summed E-state index contributed by atoms with van der Waals surface area (Å²) in [5.41, 5.74) is -0.572. The van der Waals surface area contributed by atoms with Crippen molar-refractivity contribution in [2.75, 3.05) is 5.75 Å². The summed E-state index contributed by atoms with van der Waals surface area (Å²) in [5.74, 6) is -0.572. The van der Waals surface area contributed by atoms with Crippen LogP contribution in [0.5, 0.6) is 0 Å². The van der Waals surface area contributed by atoms with Gasteiger partial charge in [-0.3, -0.25) is 4.79 Å². The summed E-state index contributed by atoms with van der Waals surface area (Å²) < 4.78 is 66.3. The van der Waals surface area contributed by atoms with E-state index in [4.69, 9.17) is 11.6 Å². The van der Waals surface area contributed by atoms with E-state index in [-0.39, 0.29) is 32.9 Å². The molecule has 176 valence electrons. The molecule has 0 unspecified atom stereocenters. The van der Waals surface area contributed by atoms with Gasteiger partial charge >= 0.3 is 6.18 Å². The minimum Gasteiger partial charge on any atom is -0.267 e. The highest BCUT2D eigenvalue weighted by atomic mass is 35.5. The van der Waals surface area contributed by atoms with Crippen LogP contribution in [0.2, 0.25) is 5.02 Å². The minimum atomic E-state index is -4.65. The predicted molar refractivity (Wildman–Crippen MR) is 123 cm³/mol. The molecule has 0 aliphatic carbocycles. The Bertz CT molecular complexity index is 1580. The number of pyridine rings is 1. The summed E-state index contributed by atoms with van der Waals surface area (Å²) >= 11 is 5.92. The molecule has 0 aliphatic heterocycles. The van der Waals surface area contributed by atoms with Crippen molar-refractivity contribution in [1.82, 2.24) is 14.8 Å². The summed E-state index contributed by atoms with van der Waals surface area (Å²) in [6.07, 6.45) is -3.29. The fraction of sp³-hybridized carbons (Fsp3) is 0.174. The molecule has 0 atom stereocenters. The molecule has 4 rings (SSSR count). The summed E-state index contributed by atoms with van der Waals surface area (Å²) in [6.45, 7) is 2.95. The SMILES string of the molecule is CCS(=O)(=O)c1cc(-c2ccc(Cl)cc2)cnc1-n1nc(C)c2ccc(C(F)(F)F)cc2c1=O. The number of hydrogen-bond acceptors (Lipinski definition) is 5. The van der Waals surface area contributed by atoms with Crippen molar-refractivity contribution in [2.45, 2.75) is 24.9 Å². The Morgan fingerprint density at radius 3 is 2.29 bits per heavy atom. The van der Waals surface area contributed by atoms with Crippen LogP contribution in [0.1, 0.15) is 18.2 Å². The Morgan fingerprint density at radius 1 is 1.00 bits per heavy atom. The quantitative estimate of drug-likeness (QED) is 0.378. The summed E-state index contributed by atoms with van der Waals surface area (Å²) in [6, 6.07) is 10.8. The van der Waals surface area contributed by atoms with Crippen LogP contribution in [0.3, 0.4) is 0 Å². The lowest BCUT2D eigenvalue weighted by Gasteiger charge is -2.14. The van der Waals surface area contributed by atoms with E-state index in [1.165, 1.54) is 32.2 Å². The molecular weight excluding hydrogens is 491 g/mol. The van der Waals surface area contributed by atoms with E-state index in [9.17, 15) is 26.4 Å². The molecular formula is C23H17ClF3N3O3S. The van der Waals surface area contributed by atoms with Gasteiger partial charge in [-0.15, -0.1) is 0 Å². The van der Waals surface area contributed by atoms with Gasteiger partial charge in [-0.2, -0.15) is 23.0 Å². The van der Waals surface area contributed by atoms with Crippen molar-refractivity contribution in [3.05, 3.63) is 81.4 Å². The van der Waals surface area contributed by atoms with Crippen molar-refractivity contribution in [3.63, 3.8) is 0 Å². The zero-order valence-electron chi connectivity index (χ0n) is 17.9. The highest BCUT2D eigenvalue weighted by Gasteiger charge is 2.31. The molecule has 6 nitrogen and oxygen atoms in total. The molecule has 34 heavy (non-hydrogen) atoms. The van der Waals surface area contributed by atoms with Gasteiger partial charge in [0.2, 0.25) is 0 Å². The highest BCUT2D eigenvalue weighted by molar-refractivity contribution is 7.91. The lowest BCUT2D eigenvalue weighted by Crippen LogP contribution is -2.26. The first-order valence-corrected chi connectivity index (χ1v) is 12.1. The zero-order valence-corrected chi connectivity index (χ0v) is 19.5. The van der Waals surface area contributed by atoms with Crippen molar-refractivity contribution >= 4 is 32.2 Å². The van der Waals surface area contributed by atoms with Crippen LogP contribution in [0.15, 0.2) is 64.4 Å². The van der Waals surface area contributed by atoms with Crippen LogP contribution < -0.4 is 5.56 Å². The molecule has 0 radical (unpaired) electrons. The Labute approximate surface area is 197 Å². The van der Waals surface area contributed by atoms with Crippen LogP contribution in [-0.2, 0) is 16.0 Å². The van der Waals surface area contributed by atoms with E-state index in [2.05, 4.69) is 10.1 Å². The van der Waals surface area contributed by atoms with Gasteiger partial charge in [0.05, 0.1) is 22.4 Å². The molecule has 0 saturated heterocycles. The smallest absolute Gasteiger partial charge is 0.267 e. The molecule has 4 aromatic rings. The van der Waals surface area contributed by atoms with Crippen LogP contribution in [0.25, 0.3) is 27.7 Å². The van der Waals surface area contributed by atoms with Gasteiger partial charge in [-0.25, -0.2) is 13.4 Å². The Kier molecular flexibility index (Phi) is 5.99. The third-order valence-electron chi connectivity index (χ3n) is 5.34. The van der Waals surface area contributed by atoms with Crippen molar-refractivity contribution in [2.24, 2.45) is 0 Å². The van der Waals surface area contributed by atoms with E-state index < -0.39 is 27.1 Å². The number of alkyl halides is 3. The molecule has 2 heterocycles. The molecule has 0 amide bonds. The zero-order chi connectivity index (χ0) is 24.8. The van der Waals surface area contributed by atoms with Gasteiger partial charge in [0.1, 0.15) is 4.90 Å². The number of hydrogen-bond donors (Lipinski definition) is 0. The van der Waals surface area contributed by atoms with E-state index >= 15 is 0 Å². The van der Waals surface area contributed by atoms with E-state index in [0.717, 1.165) is 16.8 Å². The number of nitrogens with zero attached hydrogens (tertiary/aromatic N) is 3. The fourth-order valence-electron chi connectivity index (χ4n) is 3.50. The largest absolute Gasteiger partial charge is 0.416 e. The maximum absolute atomic E-state index is 13.2. The van der Waals surface area contributed by atoms with Crippen LogP contribution in [0.4, 0.5) is 13.2 Å². The van der Waals surface area contributed by atoms with Crippen LogP contribution in [0, 0.1) is 6.92 Å². The number of rotatable bonds is 4. The second kappa shape index (κ2) is 8.52. The van der Waals surface area contributed by atoms with E-state index in [0.29, 0.717) is 16.1 Å². The average Bonchev–Trinajstić information content (AvgIpc) is 2.80. The normalized spacial score (nSPS) is 12.3. The first kappa shape index (κ1) is 23.9. The fourth-order valence-corrected chi connectivity index (χ4v) is 4.66. The third-order valence-corrected chi connectivity index (χ3v) is 7.32. The monoisotopic (exact) mass is 507 g/mol. The molecule has 11 heteroatoms. The van der Waals surface area contributed by atoms with Gasteiger partial charge in [0.15, 0.2) is 15.7 Å². The highest BCUT2D eigenvalue weighted by Crippen LogP contribution is 2.32. The number of fused-ring (bicyclic) bond motifs is 1. The standard InChI is InChI=1S/C23H17ClF3N3O3S/c1-3-34(32,33)20-10-15(14-4-7-17(24)8-5-14)12-28-21(20)30-22(31)19-11-16(23(25,26)27)6-9-18(19)13(2)29-30/h4-12H,3H2,1-2H3. The molecule has 0 bridgehead atoms. The number of sulfone groups is 1. The lowest BCUT2D eigenvalue weighted by molar-refractivity contribution is -0.137. The number of benzene rings is 2. The maximum Gasteiger partial charge on any atom is 0.416 e. The van der Waals surface area contributed by atoms with Crippen molar-refractivity contribution in [3.8, 4) is 16.9 Å². The second-order valence-corrected chi connectivity index (χ2v) is 10.2. The lowest BCUT2D eigenvalue weighted by atomic mass is 10.1. The van der Waals surface area contributed by atoms with Gasteiger partial charge in [-0.05, 0) is 42.8 Å². The topological polar surface area (TPSA) is 81.9 Å². The van der Waals surface area contributed by atoms with E-state index in [1.807, 2.05) is 0 Å². The third kappa shape index (κ3) is 4.30. The molecule has 0 saturated carbocycles. The van der Waals surface area contributed by atoms with Gasteiger partial charge in [0.25, 0.3) is 5.56 Å². The Morgan fingerprint density at radius 2 is 1.68 bits per heavy atom. The maximum atomic E-state index is 13.2. The summed E-state index contributed by atoms with van der Waals surface area (Å²) in [5, 5.41) is 4.64. The van der Waals surface area contributed by atoms with Gasteiger partial charge < -0.3 is 0 Å². The first-order chi connectivity index (χ1) is 15.9. The molecule has 0 fully saturated rings. The first-order valence-electron chi connectivity index (χ1n) is 10.0. The van der Waals surface area contributed by atoms with Crippen LogP contribution >= 0.6 is 11.6 Å². The summed E-state index contributed by atoms with van der Waals surface area (Å²) in [7, 11) is -3.90. The Balaban J connectivity index is 2.01. The van der Waals surface area contributed by atoms with Crippen molar-refractivity contribution in [1.29, 1.82) is 0 Å². The molecule has 0 aliphatic rings. The minimum absolute atomic E-state index is 0.229.